The lowest BCUT2D eigenvalue weighted by Crippen LogP contribution is -2.37. The number of nitrogens with zero attached hydrogens (tertiary/aromatic N) is 1. The summed E-state index contributed by atoms with van der Waals surface area (Å²) in [4.78, 5) is 36.6. The zero-order valence-electron chi connectivity index (χ0n) is 14.7. The number of fused-ring (bicyclic) bond motifs is 1. The number of ether oxygens (including phenoxy) is 1. The third-order valence-electron chi connectivity index (χ3n) is 4.25. The summed E-state index contributed by atoms with van der Waals surface area (Å²) in [6.45, 7) is -0.0987. The second kappa shape index (κ2) is 8.35. The predicted octanol–water partition coefficient (Wildman–Crippen LogP) is 2.46. The van der Waals surface area contributed by atoms with E-state index in [0.717, 1.165) is 17.7 Å². The van der Waals surface area contributed by atoms with Gasteiger partial charge in [0.2, 0.25) is 11.8 Å². The van der Waals surface area contributed by atoms with Gasteiger partial charge in [-0.2, -0.15) is 0 Å². The quantitative estimate of drug-likeness (QED) is 0.783. The van der Waals surface area contributed by atoms with E-state index in [0.29, 0.717) is 24.4 Å². The van der Waals surface area contributed by atoms with Crippen LogP contribution in [0.4, 0.5) is 11.4 Å². The number of hydrogen-bond acceptors (Lipinski definition) is 4. The van der Waals surface area contributed by atoms with Crippen molar-refractivity contribution in [2.75, 3.05) is 23.4 Å². The summed E-state index contributed by atoms with van der Waals surface area (Å²) >= 11 is 0. The summed E-state index contributed by atoms with van der Waals surface area (Å²) in [5.74, 6) is -0.821. The molecule has 0 saturated carbocycles. The molecule has 1 aliphatic rings. The van der Waals surface area contributed by atoms with E-state index in [-0.39, 0.29) is 18.2 Å². The van der Waals surface area contributed by atoms with Crippen LogP contribution in [0, 0.1) is 0 Å². The van der Waals surface area contributed by atoms with Crippen molar-refractivity contribution in [1.29, 1.82) is 0 Å². The lowest BCUT2D eigenvalue weighted by Gasteiger charge is -2.29. The summed E-state index contributed by atoms with van der Waals surface area (Å²) in [5, 5.41) is 11.3. The van der Waals surface area contributed by atoms with Crippen LogP contribution in [0.1, 0.15) is 18.4 Å². The minimum atomic E-state index is -1.05. The van der Waals surface area contributed by atoms with E-state index in [2.05, 4.69) is 5.32 Å². The smallest absolute Gasteiger partial charge is 0.341 e. The maximum atomic E-state index is 12.2. The van der Waals surface area contributed by atoms with E-state index < -0.39 is 12.6 Å². The SMILES string of the molecule is O=C(O)COc1ccc(NC(=O)CCN2C(=O)CCc3ccccc32)cc1. The van der Waals surface area contributed by atoms with Gasteiger partial charge in [-0.25, -0.2) is 4.79 Å². The molecule has 2 aromatic rings. The molecule has 0 aliphatic carbocycles. The minimum Gasteiger partial charge on any atom is -0.482 e. The van der Waals surface area contributed by atoms with Crippen molar-refractivity contribution in [3.05, 3.63) is 54.1 Å². The molecule has 0 radical (unpaired) electrons. The number of aryl methyl sites for hydroxylation is 1. The number of amides is 2. The Kier molecular flexibility index (Phi) is 5.71. The first kappa shape index (κ1) is 18.4. The molecule has 2 amide bonds. The molecule has 3 rings (SSSR count). The summed E-state index contributed by atoms with van der Waals surface area (Å²) in [6, 6.07) is 14.2. The number of para-hydroxylation sites is 1. The average Bonchev–Trinajstić information content (AvgIpc) is 2.66. The number of carboxylic acids is 1. The first-order valence-electron chi connectivity index (χ1n) is 8.66. The van der Waals surface area contributed by atoms with E-state index in [1.165, 1.54) is 0 Å². The summed E-state index contributed by atoms with van der Waals surface area (Å²) < 4.78 is 5.04. The van der Waals surface area contributed by atoms with Crippen LogP contribution in [0.25, 0.3) is 0 Å². The largest absolute Gasteiger partial charge is 0.482 e. The van der Waals surface area contributed by atoms with Gasteiger partial charge < -0.3 is 20.1 Å². The Morgan fingerprint density at radius 1 is 1.07 bits per heavy atom. The lowest BCUT2D eigenvalue weighted by atomic mass is 10.0. The van der Waals surface area contributed by atoms with Crippen LogP contribution in [0.3, 0.4) is 0 Å². The van der Waals surface area contributed by atoms with Gasteiger partial charge in [0.25, 0.3) is 0 Å². The normalized spacial score (nSPS) is 13.0. The number of hydrogen-bond donors (Lipinski definition) is 2. The molecule has 0 fully saturated rings. The first-order chi connectivity index (χ1) is 13.0. The molecule has 2 N–H and O–H groups in total. The number of aliphatic carboxylic acids is 1. The number of rotatable bonds is 7. The Labute approximate surface area is 156 Å². The Morgan fingerprint density at radius 3 is 2.56 bits per heavy atom. The summed E-state index contributed by atoms with van der Waals surface area (Å²) in [6.07, 6.45) is 1.36. The van der Waals surface area contributed by atoms with E-state index in [9.17, 15) is 14.4 Å². The monoisotopic (exact) mass is 368 g/mol. The van der Waals surface area contributed by atoms with E-state index >= 15 is 0 Å². The van der Waals surface area contributed by atoms with Crippen molar-refractivity contribution in [2.24, 2.45) is 0 Å². The average molecular weight is 368 g/mol. The van der Waals surface area contributed by atoms with Crippen molar-refractivity contribution in [3.63, 3.8) is 0 Å². The van der Waals surface area contributed by atoms with Gasteiger partial charge in [0.15, 0.2) is 6.61 Å². The number of carboxylic acid groups (broad SMARTS) is 1. The minimum absolute atomic E-state index is 0.0291. The molecule has 0 unspecified atom stereocenters. The molecule has 0 saturated heterocycles. The molecule has 0 bridgehead atoms. The van der Waals surface area contributed by atoms with Gasteiger partial charge in [0, 0.05) is 30.8 Å². The molecule has 1 aliphatic heterocycles. The van der Waals surface area contributed by atoms with Crippen LogP contribution in [-0.4, -0.2) is 36.0 Å². The predicted molar refractivity (Wildman–Crippen MR) is 99.9 cm³/mol. The number of anilines is 2. The molecule has 140 valence electrons. The Bertz CT molecular complexity index is 848. The molecule has 1 heterocycles. The maximum Gasteiger partial charge on any atom is 0.341 e. The number of carbonyl (C=O) groups is 3. The lowest BCUT2D eigenvalue weighted by molar-refractivity contribution is -0.139. The fourth-order valence-corrected chi connectivity index (χ4v) is 2.96. The standard InChI is InChI=1S/C20H20N2O5/c23-18(21-15-6-8-16(9-7-15)27-13-20(25)26)11-12-22-17-4-2-1-3-14(17)5-10-19(22)24/h1-4,6-9H,5,10-13H2,(H,21,23)(H,25,26). The first-order valence-corrected chi connectivity index (χ1v) is 8.66. The second-order valence-corrected chi connectivity index (χ2v) is 6.18. The highest BCUT2D eigenvalue weighted by molar-refractivity contribution is 5.98. The Balaban J connectivity index is 1.54. The number of nitrogens with one attached hydrogen (secondary N) is 1. The summed E-state index contributed by atoms with van der Waals surface area (Å²) in [5.41, 5.74) is 2.57. The summed E-state index contributed by atoms with van der Waals surface area (Å²) in [7, 11) is 0. The van der Waals surface area contributed by atoms with Crippen LogP contribution >= 0.6 is 0 Å². The fourth-order valence-electron chi connectivity index (χ4n) is 2.96. The number of benzene rings is 2. The molecule has 7 nitrogen and oxygen atoms in total. The molecule has 0 atom stereocenters. The Morgan fingerprint density at radius 2 is 1.81 bits per heavy atom. The Hall–Kier alpha value is -3.35. The van der Waals surface area contributed by atoms with Crippen LogP contribution in [0.5, 0.6) is 5.75 Å². The van der Waals surface area contributed by atoms with Gasteiger partial charge >= 0.3 is 5.97 Å². The van der Waals surface area contributed by atoms with Crippen molar-refractivity contribution in [3.8, 4) is 5.75 Å². The fraction of sp³-hybridized carbons (Fsp3) is 0.250. The van der Waals surface area contributed by atoms with Crippen molar-refractivity contribution in [1.82, 2.24) is 0 Å². The topological polar surface area (TPSA) is 95.9 Å². The highest BCUT2D eigenvalue weighted by Gasteiger charge is 2.23. The van der Waals surface area contributed by atoms with Crippen LogP contribution in [0.15, 0.2) is 48.5 Å². The van der Waals surface area contributed by atoms with Crippen molar-refractivity contribution in [2.45, 2.75) is 19.3 Å². The van der Waals surface area contributed by atoms with Crippen LogP contribution < -0.4 is 15.0 Å². The zero-order valence-corrected chi connectivity index (χ0v) is 14.7. The van der Waals surface area contributed by atoms with E-state index in [4.69, 9.17) is 9.84 Å². The van der Waals surface area contributed by atoms with Gasteiger partial charge in [-0.15, -0.1) is 0 Å². The van der Waals surface area contributed by atoms with Gasteiger partial charge in [-0.05, 0) is 42.3 Å². The van der Waals surface area contributed by atoms with Gasteiger partial charge in [0.1, 0.15) is 5.75 Å². The molecular formula is C20H20N2O5. The molecular weight excluding hydrogens is 348 g/mol. The highest BCUT2D eigenvalue weighted by atomic mass is 16.5. The van der Waals surface area contributed by atoms with Crippen molar-refractivity contribution >= 4 is 29.2 Å². The van der Waals surface area contributed by atoms with Gasteiger partial charge in [0.05, 0.1) is 0 Å². The zero-order chi connectivity index (χ0) is 19.2. The van der Waals surface area contributed by atoms with E-state index in [1.807, 2.05) is 24.3 Å². The molecule has 0 aromatic heterocycles. The second-order valence-electron chi connectivity index (χ2n) is 6.18. The molecule has 2 aromatic carbocycles. The third-order valence-corrected chi connectivity index (χ3v) is 4.25. The highest BCUT2D eigenvalue weighted by Crippen LogP contribution is 2.27. The molecule has 27 heavy (non-hydrogen) atoms. The van der Waals surface area contributed by atoms with E-state index in [1.54, 1.807) is 29.2 Å². The maximum absolute atomic E-state index is 12.2. The van der Waals surface area contributed by atoms with Gasteiger partial charge in [-0.3, -0.25) is 9.59 Å². The number of carbonyl (C=O) groups excluding carboxylic acids is 2. The van der Waals surface area contributed by atoms with Crippen molar-refractivity contribution < 1.29 is 24.2 Å². The van der Waals surface area contributed by atoms with Gasteiger partial charge in [-0.1, -0.05) is 18.2 Å². The third kappa shape index (κ3) is 4.84. The molecule has 7 heteroatoms. The van der Waals surface area contributed by atoms with Crippen LogP contribution in [0.2, 0.25) is 0 Å². The van der Waals surface area contributed by atoms with Crippen LogP contribution in [-0.2, 0) is 20.8 Å². The molecule has 0 spiro atoms.